The van der Waals surface area contributed by atoms with E-state index in [1.807, 2.05) is 11.8 Å². The molecule has 0 saturated carbocycles. The summed E-state index contributed by atoms with van der Waals surface area (Å²) in [6.07, 6.45) is 1.22. The molecular formula is C7H15NS. The normalized spacial score (nSPS) is 36.0. The van der Waals surface area contributed by atoms with Crippen molar-refractivity contribution in [2.45, 2.75) is 31.6 Å². The van der Waals surface area contributed by atoms with Gasteiger partial charge in [0.05, 0.1) is 0 Å². The summed E-state index contributed by atoms with van der Waals surface area (Å²) in [5.74, 6) is 1.98. The average molecular weight is 145 g/mol. The van der Waals surface area contributed by atoms with Gasteiger partial charge in [0.1, 0.15) is 0 Å². The van der Waals surface area contributed by atoms with Crippen LogP contribution in [0.4, 0.5) is 0 Å². The minimum atomic E-state index is 0.474. The van der Waals surface area contributed by atoms with Crippen molar-refractivity contribution >= 4 is 11.8 Å². The summed E-state index contributed by atoms with van der Waals surface area (Å²) in [6.45, 7) is 4.55. The molecular weight excluding hydrogens is 130 g/mol. The summed E-state index contributed by atoms with van der Waals surface area (Å²) in [4.78, 5) is 0. The number of nitrogens with two attached hydrogens (primary N) is 1. The summed E-state index contributed by atoms with van der Waals surface area (Å²) < 4.78 is 0. The highest BCUT2D eigenvalue weighted by Crippen LogP contribution is 2.30. The van der Waals surface area contributed by atoms with Crippen LogP contribution in [0.1, 0.15) is 20.3 Å². The quantitative estimate of drug-likeness (QED) is 0.605. The second-order valence-electron chi connectivity index (χ2n) is 3.11. The van der Waals surface area contributed by atoms with Gasteiger partial charge in [-0.3, -0.25) is 0 Å². The summed E-state index contributed by atoms with van der Waals surface area (Å²) in [5, 5.41) is 0.833. The smallest absolute Gasteiger partial charge is 0.0141 e. The van der Waals surface area contributed by atoms with Crippen LogP contribution in [0.2, 0.25) is 0 Å². The van der Waals surface area contributed by atoms with Crippen LogP contribution in [0, 0.1) is 5.92 Å². The molecule has 1 heterocycles. The van der Waals surface area contributed by atoms with E-state index in [4.69, 9.17) is 5.73 Å². The molecule has 2 atom stereocenters. The van der Waals surface area contributed by atoms with Gasteiger partial charge in [-0.15, -0.1) is 0 Å². The van der Waals surface area contributed by atoms with Crippen LogP contribution in [-0.2, 0) is 0 Å². The molecule has 0 aromatic heterocycles. The number of hydrogen-bond donors (Lipinski definition) is 1. The lowest BCUT2D eigenvalue weighted by Crippen LogP contribution is -2.20. The van der Waals surface area contributed by atoms with Crippen LogP contribution in [0.25, 0.3) is 0 Å². The van der Waals surface area contributed by atoms with Crippen molar-refractivity contribution in [1.29, 1.82) is 0 Å². The molecule has 0 aliphatic carbocycles. The molecule has 1 nitrogen and oxygen atoms in total. The summed E-state index contributed by atoms with van der Waals surface area (Å²) >= 11 is 2.03. The Balaban J connectivity index is 2.30. The lowest BCUT2D eigenvalue weighted by atomic mass is 10.0. The Labute approximate surface area is 61.4 Å². The van der Waals surface area contributed by atoms with E-state index >= 15 is 0 Å². The van der Waals surface area contributed by atoms with Crippen LogP contribution >= 0.6 is 11.8 Å². The Morgan fingerprint density at radius 2 is 2.22 bits per heavy atom. The first kappa shape index (κ1) is 7.42. The third-order valence-corrected chi connectivity index (χ3v) is 3.59. The molecule has 0 amide bonds. The number of rotatable bonds is 1. The second kappa shape index (κ2) is 2.93. The maximum atomic E-state index is 5.74. The zero-order valence-electron chi connectivity index (χ0n) is 6.13. The minimum Gasteiger partial charge on any atom is -0.327 e. The first-order valence-corrected chi connectivity index (χ1v) is 4.62. The molecule has 0 aromatic carbocycles. The van der Waals surface area contributed by atoms with Crippen molar-refractivity contribution in [2.24, 2.45) is 11.7 Å². The molecule has 9 heavy (non-hydrogen) atoms. The highest BCUT2D eigenvalue weighted by atomic mass is 32.2. The number of thioether (sulfide) groups is 1. The van der Waals surface area contributed by atoms with E-state index in [9.17, 15) is 0 Å². The molecule has 1 saturated heterocycles. The van der Waals surface area contributed by atoms with Gasteiger partial charge in [0.25, 0.3) is 0 Å². The molecule has 2 unspecified atom stereocenters. The first-order valence-electron chi connectivity index (χ1n) is 3.57. The first-order chi connectivity index (χ1) is 4.20. The Bertz CT molecular complexity index is 92.9. The Hall–Kier alpha value is 0.310. The molecule has 2 heteroatoms. The van der Waals surface area contributed by atoms with Gasteiger partial charge < -0.3 is 5.73 Å². The van der Waals surface area contributed by atoms with E-state index < -0.39 is 0 Å². The monoisotopic (exact) mass is 145 g/mol. The molecule has 1 fully saturated rings. The fraction of sp³-hybridized carbons (Fsp3) is 1.00. The van der Waals surface area contributed by atoms with Gasteiger partial charge in [-0.25, -0.2) is 0 Å². The standard InChI is InChI=1S/C7H15NS/c1-5(2)7-3-6(8)4-9-7/h5-7H,3-4,8H2,1-2H3. The average Bonchev–Trinajstić information content (AvgIpc) is 2.14. The van der Waals surface area contributed by atoms with E-state index in [1.165, 1.54) is 12.2 Å². The van der Waals surface area contributed by atoms with Crippen LogP contribution in [0.15, 0.2) is 0 Å². The van der Waals surface area contributed by atoms with Gasteiger partial charge in [-0.05, 0) is 12.3 Å². The summed E-state index contributed by atoms with van der Waals surface area (Å²) in [6, 6.07) is 0.474. The molecule has 1 aliphatic heterocycles. The maximum absolute atomic E-state index is 5.74. The third-order valence-electron chi connectivity index (χ3n) is 1.80. The third kappa shape index (κ3) is 1.87. The zero-order chi connectivity index (χ0) is 6.85. The van der Waals surface area contributed by atoms with Gasteiger partial charge in [0, 0.05) is 17.0 Å². The van der Waals surface area contributed by atoms with Gasteiger partial charge in [0.15, 0.2) is 0 Å². The number of hydrogen-bond acceptors (Lipinski definition) is 2. The van der Waals surface area contributed by atoms with Crippen molar-refractivity contribution in [2.75, 3.05) is 5.75 Å². The lowest BCUT2D eigenvalue weighted by Gasteiger charge is -2.11. The molecule has 1 aliphatic rings. The maximum Gasteiger partial charge on any atom is 0.0141 e. The molecule has 0 bridgehead atoms. The van der Waals surface area contributed by atoms with Crippen molar-refractivity contribution in [3.63, 3.8) is 0 Å². The van der Waals surface area contributed by atoms with Gasteiger partial charge >= 0.3 is 0 Å². The molecule has 2 N–H and O–H groups in total. The van der Waals surface area contributed by atoms with Crippen molar-refractivity contribution in [3.8, 4) is 0 Å². The van der Waals surface area contributed by atoms with E-state index in [-0.39, 0.29) is 0 Å². The van der Waals surface area contributed by atoms with E-state index in [2.05, 4.69) is 13.8 Å². The minimum absolute atomic E-state index is 0.474. The topological polar surface area (TPSA) is 26.0 Å². The molecule has 0 aromatic rings. The van der Waals surface area contributed by atoms with Gasteiger partial charge in [-0.1, -0.05) is 13.8 Å². The van der Waals surface area contributed by atoms with E-state index in [0.29, 0.717) is 6.04 Å². The summed E-state index contributed by atoms with van der Waals surface area (Å²) in [7, 11) is 0. The molecule has 1 rings (SSSR count). The fourth-order valence-corrected chi connectivity index (χ4v) is 2.54. The zero-order valence-corrected chi connectivity index (χ0v) is 6.95. The Morgan fingerprint density at radius 3 is 2.44 bits per heavy atom. The predicted molar refractivity (Wildman–Crippen MR) is 43.7 cm³/mol. The molecule has 54 valence electrons. The van der Waals surface area contributed by atoms with Crippen molar-refractivity contribution < 1.29 is 0 Å². The Kier molecular flexibility index (Phi) is 2.42. The van der Waals surface area contributed by atoms with Crippen LogP contribution in [0.3, 0.4) is 0 Å². The molecule has 0 radical (unpaired) electrons. The van der Waals surface area contributed by atoms with E-state index in [0.717, 1.165) is 11.2 Å². The summed E-state index contributed by atoms with van der Waals surface area (Å²) in [5.41, 5.74) is 5.74. The van der Waals surface area contributed by atoms with Crippen LogP contribution < -0.4 is 5.73 Å². The SMILES string of the molecule is CC(C)C1CC(N)CS1. The fourth-order valence-electron chi connectivity index (χ4n) is 1.15. The second-order valence-corrected chi connectivity index (χ2v) is 4.38. The lowest BCUT2D eigenvalue weighted by molar-refractivity contribution is 0.556. The highest BCUT2D eigenvalue weighted by molar-refractivity contribution is 8.00. The molecule has 0 spiro atoms. The van der Waals surface area contributed by atoms with Crippen LogP contribution in [-0.4, -0.2) is 17.0 Å². The van der Waals surface area contributed by atoms with Gasteiger partial charge in [0.2, 0.25) is 0 Å². The van der Waals surface area contributed by atoms with Crippen LogP contribution in [0.5, 0.6) is 0 Å². The predicted octanol–water partition coefficient (Wildman–Crippen LogP) is 1.48. The van der Waals surface area contributed by atoms with Crippen molar-refractivity contribution in [3.05, 3.63) is 0 Å². The highest BCUT2D eigenvalue weighted by Gasteiger charge is 2.24. The van der Waals surface area contributed by atoms with Crippen molar-refractivity contribution in [1.82, 2.24) is 0 Å². The Morgan fingerprint density at radius 1 is 1.56 bits per heavy atom. The van der Waals surface area contributed by atoms with Gasteiger partial charge in [-0.2, -0.15) is 11.8 Å². The van der Waals surface area contributed by atoms with E-state index in [1.54, 1.807) is 0 Å². The largest absolute Gasteiger partial charge is 0.327 e.